The van der Waals surface area contributed by atoms with Gasteiger partial charge in [0.2, 0.25) is 0 Å². The van der Waals surface area contributed by atoms with Crippen molar-refractivity contribution in [3.8, 4) is 0 Å². The molecule has 1 aliphatic rings. The van der Waals surface area contributed by atoms with E-state index >= 15 is 0 Å². The lowest BCUT2D eigenvalue weighted by Gasteiger charge is -2.25. The molecule has 0 saturated heterocycles. The fourth-order valence-electron chi connectivity index (χ4n) is 1.54. The second kappa shape index (κ2) is 4.53. The van der Waals surface area contributed by atoms with Crippen LogP contribution in [0, 0.1) is 11.8 Å². The van der Waals surface area contributed by atoms with E-state index in [9.17, 15) is 4.79 Å². The standard InChI is InChI=1S/C10H16O3/c1-7-4-5-8(6-9(7)11)10(12-2)13-3/h4-5,7-8,10H,6H2,1-3H3/t7-,8-/m0/s1. The van der Waals surface area contributed by atoms with E-state index in [1.54, 1.807) is 14.2 Å². The Labute approximate surface area is 78.7 Å². The van der Waals surface area contributed by atoms with E-state index in [4.69, 9.17) is 9.47 Å². The summed E-state index contributed by atoms with van der Waals surface area (Å²) in [6.45, 7) is 1.91. The van der Waals surface area contributed by atoms with Crippen molar-refractivity contribution in [1.82, 2.24) is 0 Å². The summed E-state index contributed by atoms with van der Waals surface area (Å²) in [4.78, 5) is 11.4. The Kier molecular flexibility index (Phi) is 3.63. The maximum atomic E-state index is 11.4. The van der Waals surface area contributed by atoms with Crippen molar-refractivity contribution >= 4 is 5.78 Å². The van der Waals surface area contributed by atoms with E-state index in [0.717, 1.165) is 0 Å². The number of rotatable bonds is 3. The number of ether oxygens (including phenoxy) is 2. The highest BCUT2D eigenvalue weighted by Gasteiger charge is 2.26. The lowest BCUT2D eigenvalue weighted by Crippen LogP contribution is -2.29. The van der Waals surface area contributed by atoms with Gasteiger partial charge in [-0.05, 0) is 0 Å². The molecule has 0 fully saturated rings. The normalized spacial score (nSPS) is 28.5. The smallest absolute Gasteiger partial charge is 0.163 e. The average Bonchev–Trinajstić information content (AvgIpc) is 2.13. The minimum atomic E-state index is -0.298. The maximum absolute atomic E-state index is 11.4. The molecule has 0 aromatic carbocycles. The molecule has 2 atom stereocenters. The van der Waals surface area contributed by atoms with Gasteiger partial charge in [-0.25, -0.2) is 0 Å². The summed E-state index contributed by atoms with van der Waals surface area (Å²) >= 11 is 0. The third-order valence-electron chi connectivity index (χ3n) is 2.41. The summed E-state index contributed by atoms with van der Waals surface area (Å²) in [5.41, 5.74) is 0. The van der Waals surface area contributed by atoms with E-state index < -0.39 is 0 Å². The number of allylic oxidation sites excluding steroid dienone is 1. The molecule has 0 unspecified atom stereocenters. The zero-order valence-corrected chi connectivity index (χ0v) is 8.32. The Hall–Kier alpha value is -0.670. The molecule has 1 aliphatic carbocycles. The molecule has 0 N–H and O–H groups in total. The minimum absolute atomic E-state index is 0.0469. The third-order valence-corrected chi connectivity index (χ3v) is 2.41. The summed E-state index contributed by atoms with van der Waals surface area (Å²) in [6, 6.07) is 0. The lowest BCUT2D eigenvalue weighted by molar-refractivity contribution is -0.140. The Balaban J connectivity index is 2.63. The topological polar surface area (TPSA) is 35.5 Å². The molecule has 0 heterocycles. The number of carbonyl (C=O) groups excluding carboxylic acids is 1. The van der Waals surface area contributed by atoms with Crippen LogP contribution in [0.2, 0.25) is 0 Å². The van der Waals surface area contributed by atoms with Gasteiger partial charge in [-0.2, -0.15) is 0 Å². The van der Waals surface area contributed by atoms with Crippen LogP contribution >= 0.6 is 0 Å². The van der Waals surface area contributed by atoms with Crippen LogP contribution in [0.15, 0.2) is 12.2 Å². The molecule has 3 heteroatoms. The van der Waals surface area contributed by atoms with Crippen LogP contribution in [0.25, 0.3) is 0 Å². The minimum Gasteiger partial charge on any atom is -0.355 e. The predicted octanol–water partition coefficient (Wildman–Crippen LogP) is 1.39. The molecule has 0 saturated carbocycles. The maximum Gasteiger partial charge on any atom is 0.163 e. The van der Waals surface area contributed by atoms with Gasteiger partial charge in [0.15, 0.2) is 6.29 Å². The number of carbonyl (C=O) groups is 1. The number of hydrogen-bond donors (Lipinski definition) is 0. The van der Waals surface area contributed by atoms with Crippen LogP contribution < -0.4 is 0 Å². The molecule has 0 radical (unpaired) electrons. The molecule has 0 spiro atoms. The quantitative estimate of drug-likeness (QED) is 0.491. The highest BCUT2D eigenvalue weighted by molar-refractivity contribution is 5.83. The number of ketones is 1. The third kappa shape index (κ3) is 2.39. The van der Waals surface area contributed by atoms with Gasteiger partial charge in [0.1, 0.15) is 5.78 Å². The van der Waals surface area contributed by atoms with E-state index in [0.29, 0.717) is 6.42 Å². The van der Waals surface area contributed by atoms with Crippen LogP contribution in [0.4, 0.5) is 0 Å². The zero-order chi connectivity index (χ0) is 9.84. The predicted molar refractivity (Wildman–Crippen MR) is 49.2 cm³/mol. The Morgan fingerprint density at radius 2 is 2.00 bits per heavy atom. The SMILES string of the molecule is COC(OC)[C@H]1C=C[C@H](C)C(=O)C1. The van der Waals surface area contributed by atoms with Crippen molar-refractivity contribution in [2.75, 3.05) is 14.2 Å². The zero-order valence-electron chi connectivity index (χ0n) is 8.32. The fourth-order valence-corrected chi connectivity index (χ4v) is 1.54. The second-order valence-electron chi connectivity index (χ2n) is 3.35. The van der Waals surface area contributed by atoms with Gasteiger partial charge in [-0.1, -0.05) is 19.1 Å². The van der Waals surface area contributed by atoms with Gasteiger partial charge in [-0.3, -0.25) is 4.79 Å². The second-order valence-corrected chi connectivity index (χ2v) is 3.35. The van der Waals surface area contributed by atoms with Crippen molar-refractivity contribution in [2.45, 2.75) is 19.6 Å². The van der Waals surface area contributed by atoms with Gasteiger partial charge < -0.3 is 9.47 Å². The molecule has 1 rings (SSSR count). The molecule has 74 valence electrons. The van der Waals surface area contributed by atoms with Gasteiger partial charge >= 0.3 is 0 Å². The van der Waals surface area contributed by atoms with E-state index in [2.05, 4.69) is 0 Å². The molecular formula is C10H16O3. The molecule has 0 aromatic rings. The summed E-state index contributed by atoms with van der Waals surface area (Å²) in [5.74, 6) is 0.371. The van der Waals surface area contributed by atoms with Crippen molar-refractivity contribution < 1.29 is 14.3 Å². The molecule has 0 bridgehead atoms. The van der Waals surface area contributed by atoms with Crippen LogP contribution in [-0.2, 0) is 14.3 Å². The highest BCUT2D eigenvalue weighted by Crippen LogP contribution is 2.23. The van der Waals surface area contributed by atoms with Gasteiger partial charge in [0, 0.05) is 32.5 Å². The summed E-state index contributed by atoms with van der Waals surface area (Å²) in [7, 11) is 3.18. The Bertz CT molecular complexity index is 206. The molecule has 0 aromatic heterocycles. The fraction of sp³-hybridized carbons (Fsp3) is 0.700. The average molecular weight is 184 g/mol. The number of Topliss-reactive ketones (excluding diaryl/α,β-unsaturated/α-hetero) is 1. The van der Waals surface area contributed by atoms with Crippen LogP contribution in [0.1, 0.15) is 13.3 Å². The monoisotopic (exact) mass is 184 g/mol. The number of methoxy groups -OCH3 is 2. The Morgan fingerprint density at radius 1 is 1.38 bits per heavy atom. The van der Waals surface area contributed by atoms with E-state index in [1.807, 2.05) is 19.1 Å². The van der Waals surface area contributed by atoms with Crippen LogP contribution in [0.5, 0.6) is 0 Å². The molecule has 0 amide bonds. The molecule has 3 nitrogen and oxygen atoms in total. The summed E-state index contributed by atoms with van der Waals surface area (Å²) < 4.78 is 10.2. The summed E-state index contributed by atoms with van der Waals surface area (Å²) in [6.07, 6.45) is 4.14. The molecular weight excluding hydrogens is 168 g/mol. The lowest BCUT2D eigenvalue weighted by atomic mass is 9.88. The van der Waals surface area contributed by atoms with Gasteiger partial charge in [0.05, 0.1) is 0 Å². The first kappa shape index (κ1) is 10.4. The summed E-state index contributed by atoms with van der Waals surface area (Å²) in [5, 5.41) is 0. The highest BCUT2D eigenvalue weighted by atomic mass is 16.7. The van der Waals surface area contributed by atoms with E-state index in [-0.39, 0.29) is 23.9 Å². The molecule has 0 aliphatic heterocycles. The van der Waals surface area contributed by atoms with Crippen molar-refractivity contribution in [3.63, 3.8) is 0 Å². The largest absolute Gasteiger partial charge is 0.355 e. The first-order chi connectivity index (χ1) is 6.19. The van der Waals surface area contributed by atoms with Gasteiger partial charge in [-0.15, -0.1) is 0 Å². The van der Waals surface area contributed by atoms with Crippen molar-refractivity contribution in [2.24, 2.45) is 11.8 Å². The first-order valence-electron chi connectivity index (χ1n) is 4.45. The van der Waals surface area contributed by atoms with Crippen molar-refractivity contribution in [1.29, 1.82) is 0 Å². The first-order valence-corrected chi connectivity index (χ1v) is 4.45. The Morgan fingerprint density at radius 3 is 2.46 bits per heavy atom. The van der Waals surface area contributed by atoms with E-state index in [1.165, 1.54) is 0 Å². The number of hydrogen-bond acceptors (Lipinski definition) is 3. The van der Waals surface area contributed by atoms with Gasteiger partial charge in [0.25, 0.3) is 0 Å². The van der Waals surface area contributed by atoms with Crippen LogP contribution in [0.3, 0.4) is 0 Å². The van der Waals surface area contributed by atoms with Crippen molar-refractivity contribution in [3.05, 3.63) is 12.2 Å². The molecule has 13 heavy (non-hydrogen) atoms. The van der Waals surface area contributed by atoms with Crippen LogP contribution in [-0.4, -0.2) is 26.3 Å².